The number of benzene rings is 1. The van der Waals surface area contributed by atoms with E-state index in [9.17, 15) is 4.39 Å². The molecule has 0 aliphatic heterocycles. The molecule has 0 amide bonds. The summed E-state index contributed by atoms with van der Waals surface area (Å²) in [7, 11) is 0. The van der Waals surface area contributed by atoms with E-state index in [0.29, 0.717) is 16.1 Å². The van der Waals surface area contributed by atoms with Gasteiger partial charge in [0.2, 0.25) is 0 Å². The minimum Gasteiger partial charge on any atom is -0.383 e. The van der Waals surface area contributed by atoms with Gasteiger partial charge in [0.05, 0.1) is 9.86 Å². The highest BCUT2D eigenvalue weighted by Gasteiger charge is 2.14. The predicted molar refractivity (Wildman–Crippen MR) is 84.4 cm³/mol. The Balaban J connectivity index is 2.24. The molecule has 2 N–H and O–H groups in total. The van der Waals surface area contributed by atoms with Gasteiger partial charge in [-0.1, -0.05) is 0 Å². The summed E-state index contributed by atoms with van der Waals surface area (Å²) in [5.74, 6) is 0.662. The summed E-state index contributed by atoms with van der Waals surface area (Å²) >= 11 is 4.76. The molecular formula is C14H11BrFN3S. The number of anilines is 1. The monoisotopic (exact) mass is 351 g/mol. The summed E-state index contributed by atoms with van der Waals surface area (Å²) in [6.45, 7) is 4.05. The molecule has 2 aromatic heterocycles. The number of thiophene rings is 1. The molecule has 3 rings (SSSR count). The summed E-state index contributed by atoms with van der Waals surface area (Å²) in [5, 5.41) is 0.914. The maximum absolute atomic E-state index is 13.3. The fraction of sp³-hybridized carbons (Fsp3) is 0.143. The van der Waals surface area contributed by atoms with Gasteiger partial charge in [0.25, 0.3) is 0 Å². The number of halogens is 2. The van der Waals surface area contributed by atoms with E-state index in [2.05, 4.69) is 25.9 Å². The maximum Gasteiger partial charge on any atom is 0.163 e. The molecule has 0 radical (unpaired) electrons. The van der Waals surface area contributed by atoms with Gasteiger partial charge in [0.1, 0.15) is 16.5 Å². The SMILES string of the molecule is Cc1sc2nc(-c3ccc(F)c(Br)c3)nc(N)c2c1C. The van der Waals surface area contributed by atoms with E-state index in [1.54, 1.807) is 23.5 Å². The highest BCUT2D eigenvalue weighted by Crippen LogP contribution is 2.34. The van der Waals surface area contributed by atoms with Crippen LogP contribution in [0.15, 0.2) is 22.7 Å². The zero-order valence-corrected chi connectivity index (χ0v) is 13.3. The van der Waals surface area contributed by atoms with Gasteiger partial charge in [0.15, 0.2) is 5.82 Å². The van der Waals surface area contributed by atoms with Crippen molar-refractivity contribution in [2.75, 3.05) is 5.73 Å². The Kier molecular flexibility index (Phi) is 3.22. The predicted octanol–water partition coefficient (Wildman–Crippen LogP) is 4.46. The van der Waals surface area contributed by atoms with Crippen LogP contribution >= 0.6 is 27.3 Å². The fourth-order valence-electron chi connectivity index (χ4n) is 2.04. The molecule has 0 atom stereocenters. The first-order valence-corrected chi connectivity index (χ1v) is 7.57. The summed E-state index contributed by atoms with van der Waals surface area (Å²) in [5.41, 5.74) is 7.90. The van der Waals surface area contributed by atoms with Crippen LogP contribution in [0.4, 0.5) is 10.2 Å². The number of fused-ring (bicyclic) bond motifs is 1. The molecule has 0 fully saturated rings. The van der Waals surface area contributed by atoms with E-state index < -0.39 is 0 Å². The average Bonchev–Trinajstić information content (AvgIpc) is 2.68. The summed E-state index contributed by atoms with van der Waals surface area (Å²) in [6, 6.07) is 4.69. The summed E-state index contributed by atoms with van der Waals surface area (Å²) < 4.78 is 13.7. The molecule has 0 bridgehead atoms. The highest BCUT2D eigenvalue weighted by molar-refractivity contribution is 9.10. The molecule has 2 heterocycles. The van der Waals surface area contributed by atoms with Crippen molar-refractivity contribution in [2.45, 2.75) is 13.8 Å². The number of nitrogen functional groups attached to an aromatic ring is 1. The Morgan fingerprint density at radius 1 is 1.25 bits per heavy atom. The van der Waals surface area contributed by atoms with E-state index >= 15 is 0 Å². The van der Waals surface area contributed by atoms with Crippen LogP contribution in [-0.2, 0) is 0 Å². The normalized spacial score (nSPS) is 11.2. The lowest BCUT2D eigenvalue weighted by Crippen LogP contribution is -1.97. The van der Waals surface area contributed by atoms with Crippen LogP contribution in [0, 0.1) is 19.7 Å². The van der Waals surface area contributed by atoms with E-state index in [-0.39, 0.29) is 5.82 Å². The van der Waals surface area contributed by atoms with Crippen LogP contribution in [0.5, 0.6) is 0 Å². The molecular weight excluding hydrogens is 341 g/mol. The lowest BCUT2D eigenvalue weighted by molar-refractivity contribution is 0.621. The standard InChI is InChI=1S/C14H11BrFN3S/c1-6-7(2)20-14-11(6)12(17)18-13(19-14)8-3-4-10(16)9(15)5-8/h3-5H,1-2H3,(H2,17,18,19). The van der Waals surface area contributed by atoms with E-state index in [1.165, 1.54) is 10.9 Å². The van der Waals surface area contributed by atoms with Crippen LogP contribution in [-0.4, -0.2) is 9.97 Å². The van der Waals surface area contributed by atoms with Crippen molar-refractivity contribution in [3.05, 3.63) is 38.9 Å². The number of rotatable bonds is 1. The van der Waals surface area contributed by atoms with Crippen LogP contribution in [0.1, 0.15) is 10.4 Å². The molecule has 0 aliphatic carbocycles. The lowest BCUT2D eigenvalue weighted by atomic mass is 10.2. The van der Waals surface area contributed by atoms with Gasteiger partial charge in [-0.15, -0.1) is 11.3 Å². The second-order valence-electron chi connectivity index (χ2n) is 4.52. The average molecular weight is 352 g/mol. The van der Waals surface area contributed by atoms with Crippen molar-refractivity contribution in [1.82, 2.24) is 9.97 Å². The molecule has 102 valence electrons. The molecule has 0 aliphatic rings. The third-order valence-corrected chi connectivity index (χ3v) is 4.94. The van der Waals surface area contributed by atoms with Crippen molar-refractivity contribution in [3.8, 4) is 11.4 Å². The van der Waals surface area contributed by atoms with E-state index in [4.69, 9.17) is 5.73 Å². The van der Waals surface area contributed by atoms with Gasteiger partial charge in [-0.3, -0.25) is 0 Å². The number of hydrogen-bond donors (Lipinski definition) is 1. The van der Waals surface area contributed by atoms with Crippen LogP contribution in [0.3, 0.4) is 0 Å². The van der Waals surface area contributed by atoms with Gasteiger partial charge >= 0.3 is 0 Å². The first-order chi connectivity index (χ1) is 9.47. The van der Waals surface area contributed by atoms with E-state index in [1.807, 2.05) is 13.8 Å². The van der Waals surface area contributed by atoms with Crippen molar-refractivity contribution in [1.29, 1.82) is 0 Å². The van der Waals surface area contributed by atoms with Gasteiger partial charge in [-0.2, -0.15) is 0 Å². The van der Waals surface area contributed by atoms with Gasteiger partial charge in [-0.25, -0.2) is 14.4 Å². The first-order valence-electron chi connectivity index (χ1n) is 5.96. The number of aromatic nitrogens is 2. The number of aryl methyl sites for hydroxylation is 2. The largest absolute Gasteiger partial charge is 0.383 e. The zero-order valence-electron chi connectivity index (χ0n) is 10.9. The van der Waals surface area contributed by atoms with Gasteiger partial charge in [0, 0.05) is 10.4 Å². The molecule has 0 saturated carbocycles. The third-order valence-electron chi connectivity index (χ3n) is 3.23. The molecule has 3 aromatic rings. The Morgan fingerprint density at radius 2 is 2.00 bits per heavy atom. The molecule has 0 unspecified atom stereocenters. The molecule has 0 saturated heterocycles. The number of hydrogen-bond acceptors (Lipinski definition) is 4. The summed E-state index contributed by atoms with van der Waals surface area (Å²) in [6.07, 6.45) is 0. The Labute approximate surface area is 127 Å². The van der Waals surface area contributed by atoms with Crippen LogP contribution in [0.25, 0.3) is 21.6 Å². The fourth-order valence-corrected chi connectivity index (χ4v) is 3.46. The molecule has 6 heteroatoms. The Hall–Kier alpha value is -1.53. The summed E-state index contributed by atoms with van der Waals surface area (Å²) in [4.78, 5) is 10.9. The third kappa shape index (κ3) is 2.09. The topological polar surface area (TPSA) is 51.8 Å². The second kappa shape index (κ2) is 4.79. The second-order valence-corrected chi connectivity index (χ2v) is 6.58. The van der Waals surface area contributed by atoms with Crippen LogP contribution < -0.4 is 5.73 Å². The molecule has 1 aromatic carbocycles. The first kappa shape index (κ1) is 13.5. The van der Waals surface area contributed by atoms with Crippen molar-refractivity contribution < 1.29 is 4.39 Å². The smallest absolute Gasteiger partial charge is 0.163 e. The highest BCUT2D eigenvalue weighted by atomic mass is 79.9. The molecule has 3 nitrogen and oxygen atoms in total. The Morgan fingerprint density at radius 3 is 2.70 bits per heavy atom. The number of nitrogens with zero attached hydrogens (tertiary/aromatic N) is 2. The molecule has 20 heavy (non-hydrogen) atoms. The van der Waals surface area contributed by atoms with Crippen molar-refractivity contribution in [2.24, 2.45) is 0 Å². The van der Waals surface area contributed by atoms with E-state index in [0.717, 1.165) is 21.3 Å². The minimum absolute atomic E-state index is 0.314. The molecule has 0 spiro atoms. The quantitative estimate of drug-likeness (QED) is 0.704. The van der Waals surface area contributed by atoms with Crippen LogP contribution in [0.2, 0.25) is 0 Å². The maximum atomic E-state index is 13.3. The zero-order chi connectivity index (χ0) is 14.4. The van der Waals surface area contributed by atoms with Crippen molar-refractivity contribution >= 4 is 43.3 Å². The Bertz CT molecular complexity index is 829. The van der Waals surface area contributed by atoms with Gasteiger partial charge < -0.3 is 5.73 Å². The van der Waals surface area contributed by atoms with Gasteiger partial charge in [-0.05, 0) is 53.5 Å². The van der Waals surface area contributed by atoms with Crippen molar-refractivity contribution in [3.63, 3.8) is 0 Å². The minimum atomic E-state index is -0.314. The number of nitrogens with two attached hydrogens (primary N) is 1. The lowest BCUT2D eigenvalue weighted by Gasteiger charge is -2.04.